The van der Waals surface area contributed by atoms with Crippen LogP contribution in [0.4, 0.5) is 4.39 Å². The van der Waals surface area contributed by atoms with E-state index in [2.05, 4.69) is 5.32 Å². The molecule has 1 aliphatic rings. The van der Waals surface area contributed by atoms with E-state index < -0.39 is 11.7 Å². The number of fused-ring (bicyclic) bond motifs is 1. The van der Waals surface area contributed by atoms with Crippen LogP contribution in [0.3, 0.4) is 0 Å². The van der Waals surface area contributed by atoms with E-state index in [0.717, 1.165) is 29.3 Å². The molecule has 1 aromatic heterocycles. The molecular weight excluding hydrogens is 409 g/mol. The second-order valence-electron chi connectivity index (χ2n) is 7.59. The summed E-state index contributed by atoms with van der Waals surface area (Å²) in [5.74, 6) is -0.609. The van der Waals surface area contributed by atoms with Gasteiger partial charge in [0.05, 0.1) is 12.6 Å². The summed E-state index contributed by atoms with van der Waals surface area (Å²) in [7, 11) is 0. The number of nitrogens with one attached hydrogen (secondary N) is 1. The minimum absolute atomic E-state index is 0.00950. The maximum Gasteiger partial charge on any atom is 0.262 e. The summed E-state index contributed by atoms with van der Waals surface area (Å²) in [5.41, 5.74) is 1.73. The first kappa shape index (κ1) is 21.6. The van der Waals surface area contributed by atoms with Gasteiger partial charge in [-0.05, 0) is 37.1 Å². The van der Waals surface area contributed by atoms with Gasteiger partial charge < -0.3 is 19.4 Å². The van der Waals surface area contributed by atoms with Crippen LogP contribution in [0.25, 0.3) is 17.0 Å². The van der Waals surface area contributed by atoms with Crippen LogP contribution < -0.4 is 10.1 Å². The predicted molar refractivity (Wildman–Crippen MR) is 119 cm³/mol. The Labute approximate surface area is 185 Å². The van der Waals surface area contributed by atoms with Crippen LogP contribution in [0.15, 0.2) is 60.3 Å². The number of para-hydroxylation sites is 2. The summed E-state index contributed by atoms with van der Waals surface area (Å²) in [5, 5.41) is 13.3. The molecule has 1 amide bonds. The fraction of sp³-hybridized carbons (Fsp3) is 0.280. The van der Waals surface area contributed by atoms with Gasteiger partial charge in [0.15, 0.2) is 11.6 Å². The fourth-order valence-electron chi connectivity index (χ4n) is 3.80. The highest BCUT2D eigenvalue weighted by molar-refractivity contribution is 6.04. The smallest absolute Gasteiger partial charge is 0.262 e. The molecule has 0 bridgehead atoms. The van der Waals surface area contributed by atoms with Crippen molar-refractivity contribution in [1.82, 2.24) is 9.88 Å². The highest BCUT2D eigenvalue weighted by Gasteiger charge is 2.18. The number of carbonyl (C=O) groups excluding carboxylic acids is 1. The second-order valence-corrected chi connectivity index (χ2v) is 7.59. The first-order valence-corrected chi connectivity index (χ1v) is 10.6. The van der Waals surface area contributed by atoms with E-state index >= 15 is 0 Å². The van der Waals surface area contributed by atoms with Crippen molar-refractivity contribution < 1.29 is 18.7 Å². The monoisotopic (exact) mass is 433 g/mol. The molecule has 1 atom stereocenters. The second kappa shape index (κ2) is 10.1. The number of carbonyl (C=O) groups is 1. The van der Waals surface area contributed by atoms with Crippen molar-refractivity contribution in [2.24, 2.45) is 0 Å². The molecule has 0 unspecified atom stereocenters. The Morgan fingerprint density at radius 3 is 2.88 bits per heavy atom. The van der Waals surface area contributed by atoms with Crippen LogP contribution >= 0.6 is 0 Å². The van der Waals surface area contributed by atoms with Gasteiger partial charge in [-0.1, -0.05) is 30.3 Å². The molecule has 32 heavy (non-hydrogen) atoms. The normalized spacial score (nSPS) is 16.1. The Balaban J connectivity index is 1.50. The number of amides is 1. The van der Waals surface area contributed by atoms with Crippen LogP contribution in [0.2, 0.25) is 0 Å². The Morgan fingerprint density at radius 1 is 1.28 bits per heavy atom. The molecule has 3 aromatic rings. The lowest BCUT2D eigenvalue weighted by Gasteiger charge is -2.10. The van der Waals surface area contributed by atoms with E-state index in [0.29, 0.717) is 19.7 Å². The van der Waals surface area contributed by atoms with Gasteiger partial charge in [-0.15, -0.1) is 0 Å². The van der Waals surface area contributed by atoms with Gasteiger partial charge in [0.1, 0.15) is 18.2 Å². The van der Waals surface area contributed by atoms with Gasteiger partial charge in [0.2, 0.25) is 0 Å². The third kappa shape index (κ3) is 4.98. The summed E-state index contributed by atoms with van der Waals surface area (Å²) in [6, 6.07) is 16.0. The predicted octanol–water partition coefficient (Wildman–Crippen LogP) is 4.06. The summed E-state index contributed by atoms with van der Waals surface area (Å²) in [4.78, 5) is 12.5. The van der Waals surface area contributed by atoms with Crippen molar-refractivity contribution in [3.8, 4) is 11.8 Å². The lowest BCUT2D eigenvalue weighted by Crippen LogP contribution is -2.32. The molecule has 2 heterocycles. The van der Waals surface area contributed by atoms with E-state index in [1.54, 1.807) is 24.3 Å². The molecule has 2 aromatic carbocycles. The number of hydrogen-bond donors (Lipinski definition) is 1. The first-order valence-electron chi connectivity index (χ1n) is 10.6. The highest BCUT2D eigenvalue weighted by atomic mass is 19.1. The van der Waals surface area contributed by atoms with Crippen molar-refractivity contribution >= 4 is 22.9 Å². The maximum absolute atomic E-state index is 13.8. The Morgan fingerprint density at radius 2 is 2.09 bits per heavy atom. The molecule has 0 spiro atoms. The number of nitriles is 1. The maximum atomic E-state index is 13.8. The van der Waals surface area contributed by atoms with Crippen LogP contribution in [-0.2, 0) is 16.1 Å². The molecule has 1 aliphatic heterocycles. The van der Waals surface area contributed by atoms with Crippen molar-refractivity contribution in [1.29, 1.82) is 5.26 Å². The number of aromatic nitrogens is 1. The summed E-state index contributed by atoms with van der Waals surface area (Å²) in [6.07, 6.45) is 5.38. The Kier molecular flexibility index (Phi) is 6.83. The minimum atomic E-state index is -0.414. The number of ether oxygens (including phenoxy) is 2. The number of rotatable bonds is 8. The molecule has 1 N–H and O–H groups in total. The van der Waals surface area contributed by atoms with Crippen LogP contribution in [0, 0.1) is 17.1 Å². The van der Waals surface area contributed by atoms with Gasteiger partial charge >= 0.3 is 0 Å². The minimum Gasteiger partial charge on any atom is -0.489 e. The van der Waals surface area contributed by atoms with Gasteiger partial charge in [-0.3, -0.25) is 4.79 Å². The SMILES string of the molecule is N#C/C(=C\c1cn(CCOc2ccccc2F)c2ccccc12)C(=O)NC[C@H]1CCCO1. The topological polar surface area (TPSA) is 76.3 Å². The molecule has 0 saturated carbocycles. The van der Waals surface area contributed by atoms with Gasteiger partial charge in [0.25, 0.3) is 5.91 Å². The summed E-state index contributed by atoms with van der Waals surface area (Å²) >= 11 is 0. The number of benzene rings is 2. The van der Waals surface area contributed by atoms with E-state index in [9.17, 15) is 14.4 Å². The molecular formula is C25H24FN3O3. The number of halogens is 1. The number of nitrogens with zero attached hydrogens (tertiary/aromatic N) is 2. The van der Waals surface area contributed by atoms with Crippen LogP contribution in [0.1, 0.15) is 18.4 Å². The molecule has 0 radical (unpaired) electrons. The largest absolute Gasteiger partial charge is 0.489 e. The van der Waals surface area contributed by atoms with E-state index in [1.165, 1.54) is 6.07 Å². The first-order chi connectivity index (χ1) is 15.7. The van der Waals surface area contributed by atoms with Crippen molar-refractivity contribution in [2.45, 2.75) is 25.5 Å². The van der Waals surface area contributed by atoms with Gasteiger partial charge in [-0.25, -0.2) is 4.39 Å². The molecule has 0 aliphatic carbocycles. The van der Waals surface area contributed by atoms with Crippen LogP contribution in [-0.4, -0.2) is 36.3 Å². The molecule has 6 nitrogen and oxygen atoms in total. The average Bonchev–Trinajstić information content (AvgIpc) is 3.45. The van der Waals surface area contributed by atoms with E-state index in [1.807, 2.05) is 41.1 Å². The molecule has 4 rings (SSSR count). The lowest BCUT2D eigenvalue weighted by atomic mass is 10.1. The standard InChI is InChI=1S/C25H24FN3O3/c26-22-8-2-4-10-24(22)32-13-11-29-17-19(21-7-1-3-9-23(21)29)14-18(15-27)25(30)28-16-20-6-5-12-31-20/h1-4,7-10,14,17,20H,5-6,11-13,16H2,(H,28,30)/b18-14+/t20-/m1/s1. The van der Waals surface area contributed by atoms with Crippen molar-refractivity contribution in [3.05, 3.63) is 71.7 Å². The lowest BCUT2D eigenvalue weighted by molar-refractivity contribution is -0.117. The van der Waals surface area contributed by atoms with Crippen molar-refractivity contribution in [3.63, 3.8) is 0 Å². The van der Waals surface area contributed by atoms with Gasteiger partial charge in [-0.2, -0.15) is 5.26 Å². The third-order valence-electron chi connectivity index (χ3n) is 5.43. The van der Waals surface area contributed by atoms with Gasteiger partial charge in [0, 0.05) is 35.8 Å². The summed E-state index contributed by atoms with van der Waals surface area (Å²) < 4.78 is 26.8. The molecule has 1 saturated heterocycles. The average molecular weight is 433 g/mol. The fourth-order valence-corrected chi connectivity index (χ4v) is 3.80. The molecule has 7 heteroatoms. The molecule has 164 valence electrons. The highest BCUT2D eigenvalue weighted by Crippen LogP contribution is 2.24. The molecule has 1 fully saturated rings. The zero-order valence-electron chi connectivity index (χ0n) is 17.6. The van der Waals surface area contributed by atoms with Crippen molar-refractivity contribution in [2.75, 3.05) is 19.8 Å². The van der Waals surface area contributed by atoms with Crippen LogP contribution in [0.5, 0.6) is 5.75 Å². The zero-order valence-corrected chi connectivity index (χ0v) is 17.6. The zero-order chi connectivity index (χ0) is 22.3. The quantitative estimate of drug-likeness (QED) is 0.429. The van der Waals surface area contributed by atoms with E-state index in [4.69, 9.17) is 9.47 Å². The Bertz CT molecular complexity index is 1170. The third-order valence-corrected chi connectivity index (χ3v) is 5.43. The van der Waals surface area contributed by atoms with E-state index in [-0.39, 0.29) is 24.0 Å². The summed E-state index contributed by atoms with van der Waals surface area (Å²) in [6.45, 7) is 1.86. The number of hydrogen-bond acceptors (Lipinski definition) is 4. The Hall–Kier alpha value is -3.63.